The summed E-state index contributed by atoms with van der Waals surface area (Å²) in [5.74, 6) is -0.991. The molecule has 1 aromatic rings. The highest BCUT2D eigenvalue weighted by Crippen LogP contribution is 2.40. The van der Waals surface area contributed by atoms with Crippen molar-refractivity contribution in [3.63, 3.8) is 0 Å². The zero-order chi connectivity index (χ0) is 16.3. The van der Waals surface area contributed by atoms with Crippen molar-refractivity contribution in [3.8, 4) is 0 Å². The average Bonchev–Trinajstić information content (AvgIpc) is 2.44. The number of alkyl halides is 3. The Morgan fingerprint density at radius 3 is 2.77 bits per heavy atom. The second kappa shape index (κ2) is 6.60. The van der Waals surface area contributed by atoms with Crippen LogP contribution in [0.15, 0.2) is 23.1 Å². The maximum Gasteiger partial charge on any atom is 0.416 e. The van der Waals surface area contributed by atoms with E-state index in [1.54, 1.807) is 0 Å². The molecule has 1 atom stereocenters. The minimum Gasteiger partial charge on any atom is -0.466 e. The molecule has 4 nitrogen and oxygen atoms in total. The number of carbonyl (C=O) groups excluding carboxylic acids is 2. The second-order valence-corrected chi connectivity index (χ2v) is 5.97. The topological polar surface area (TPSA) is 55.4 Å². The Hall–Kier alpha value is -1.70. The number of hydrogen-bond acceptors (Lipinski definition) is 4. The molecule has 1 N–H and O–H groups in total. The van der Waals surface area contributed by atoms with E-state index in [2.05, 4.69) is 5.32 Å². The normalized spacial score (nSPS) is 17.6. The lowest BCUT2D eigenvalue weighted by molar-refractivity contribution is -0.144. The quantitative estimate of drug-likeness (QED) is 0.858. The number of rotatable bonds is 4. The molecule has 1 amide bonds. The number of fused-ring (bicyclic) bond motifs is 1. The van der Waals surface area contributed by atoms with Gasteiger partial charge in [0.05, 0.1) is 29.5 Å². The second-order valence-electron chi connectivity index (χ2n) is 4.73. The Bertz CT molecular complexity index is 589. The van der Waals surface area contributed by atoms with Crippen molar-refractivity contribution in [3.05, 3.63) is 23.8 Å². The molecule has 0 saturated carbocycles. The number of halogens is 3. The Morgan fingerprint density at radius 2 is 2.14 bits per heavy atom. The first-order valence-corrected chi connectivity index (χ1v) is 7.53. The average molecular weight is 333 g/mol. The van der Waals surface area contributed by atoms with Gasteiger partial charge in [-0.05, 0) is 24.6 Å². The minimum atomic E-state index is -4.47. The highest BCUT2D eigenvalue weighted by Gasteiger charge is 2.34. The summed E-state index contributed by atoms with van der Waals surface area (Å²) in [5.41, 5.74) is -0.712. The van der Waals surface area contributed by atoms with Crippen molar-refractivity contribution in [2.45, 2.75) is 36.1 Å². The van der Waals surface area contributed by atoms with Crippen LogP contribution in [0.4, 0.5) is 18.9 Å². The fraction of sp³-hybridized carbons (Fsp3) is 0.429. The van der Waals surface area contributed by atoms with Gasteiger partial charge in [0.2, 0.25) is 5.91 Å². The van der Waals surface area contributed by atoms with Crippen LogP contribution in [0, 0.1) is 0 Å². The van der Waals surface area contributed by atoms with Crippen LogP contribution >= 0.6 is 11.8 Å². The number of ether oxygens (including phenoxy) is 1. The van der Waals surface area contributed by atoms with Gasteiger partial charge in [0.25, 0.3) is 0 Å². The summed E-state index contributed by atoms with van der Waals surface area (Å²) in [6, 6.07) is 3.15. The number of anilines is 1. The Balaban J connectivity index is 2.10. The van der Waals surface area contributed by atoms with Crippen LogP contribution in [-0.2, 0) is 20.5 Å². The Morgan fingerprint density at radius 1 is 1.41 bits per heavy atom. The van der Waals surface area contributed by atoms with E-state index in [0.29, 0.717) is 11.3 Å². The fourth-order valence-electron chi connectivity index (χ4n) is 1.89. The first-order chi connectivity index (χ1) is 10.3. The van der Waals surface area contributed by atoms with Gasteiger partial charge in [0, 0.05) is 4.90 Å². The standard InChI is InChI=1S/C14H14F3NO3S/c1-2-5-21-12(19)7-11-13(20)18-9-6-8(14(15,16)17)3-4-10(9)22-11/h3-4,6,11H,2,5,7H2,1H3,(H,18,20)/t11-/m0/s1. The summed E-state index contributed by atoms with van der Waals surface area (Å²) in [6.45, 7) is 2.13. The van der Waals surface area contributed by atoms with Gasteiger partial charge in [-0.15, -0.1) is 11.8 Å². The highest BCUT2D eigenvalue weighted by molar-refractivity contribution is 8.01. The molecule has 0 aromatic heterocycles. The van der Waals surface area contributed by atoms with Crippen LogP contribution in [-0.4, -0.2) is 23.7 Å². The molecular formula is C14H14F3NO3S. The fourth-order valence-corrected chi connectivity index (χ4v) is 2.96. The molecule has 0 unspecified atom stereocenters. The molecule has 8 heteroatoms. The van der Waals surface area contributed by atoms with E-state index in [9.17, 15) is 22.8 Å². The number of benzene rings is 1. The predicted octanol–water partition coefficient (Wildman–Crippen LogP) is 3.46. The van der Waals surface area contributed by atoms with Gasteiger partial charge >= 0.3 is 12.1 Å². The number of esters is 1. The number of carbonyl (C=O) groups is 2. The van der Waals surface area contributed by atoms with Gasteiger partial charge in [-0.2, -0.15) is 13.2 Å². The van der Waals surface area contributed by atoms with Crippen molar-refractivity contribution in [2.24, 2.45) is 0 Å². The molecule has 2 rings (SSSR count). The van der Waals surface area contributed by atoms with Crippen LogP contribution in [0.25, 0.3) is 0 Å². The Labute approximate surface area is 129 Å². The van der Waals surface area contributed by atoms with E-state index in [-0.39, 0.29) is 18.7 Å². The van der Waals surface area contributed by atoms with Crippen molar-refractivity contribution in [2.75, 3.05) is 11.9 Å². The molecule has 0 saturated heterocycles. The third-order valence-corrected chi connectivity index (χ3v) is 4.22. The molecule has 1 aliphatic heterocycles. The van der Waals surface area contributed by atoms with E-state index >= 15 is 0 Å². The Kier molecular flexibility index (Phi) is 5.00. The molecular weight excluding hydrogens is 319 g/mol. The highest BCUT2D eigenvalue weighted by atomic mass is 32.2. The molecule has 1 aromatic carbocycles. The maximum atomic E-state index is 12.6. The number of amides is 1. The van der Waals surface area contributed by atoms with Gasteiger partial charge in [0.15, 0.2) is 0 Å². The predicted molar refractivity (Wildman–Crippen MR) is 75.6 cm³/mol. The van der Waals surface area contributed by atoms with Crippen molar-refractivity contribution in [1.29, 1.82) is 0 Å². The molecule has 0 spiro atoms. The molecule has 0 fully saturated rings. The maximum absolute atomic E-state index is 12.6. The number of hydrogen-bond donors (Lipinski definition) is 1. The lowest BCUT2D eigenvalue weighted by Crippen LogP contribution is -2.31. The number of nitrogens with one attached hydrogen (secondary N) is 1. The SMILES string of the molecule is CCCOC(=O)C[C@@H]1Sc2ccc(C(F)(F)F)cc2NC1=O. The van der Waals surface area contributed by atoms with Gasteiger partial charge in [0.1, 0.15) is 0 Å². The lowest BCUT2D eigenvalue weighted by atomic mass is 10.1. The summed E-state index contributed by atoms with van der Waals surface area (Å²) < 4.78 is 42.8. The van der Waals surface area contributed by atoms with Gasteiger partial charge in [-0.25, -0.2) is 0 Å². The smallest absolute Gasteiger partial charge is 0.416 e. The molecule has 1 aliphatic rings. The molecule has 0 aliphatic carbocycles. The molecule has 1 heterocycles. The van der Waals surface area contributed by atoms with Gasteiger partial charge in [-0.3, -0.25) is 9.59 Å². The van der Waals surface area contributed by atoms with Crippen molar-refractivity contribution < 1.29 is 27.5 Å². The lowest BCUT2D eigenvalue weighted by Gasteiger charge is -2.24. The van der Waals surface area contributed by atoms with E-state index in [0.717, 1.165) is 23.9 Å². The molecule has 22 heavy (non-hydrogen) atoms. The molecule has 0 bridgehead atoms. The zero-order valence-electron chi connectivity index (χ0n) is 11.7. The van der Waals surface area contributed by atoms with Crippen LogP contribution in [0.5, 0.6) is 0 Å². The van der Waals surface area contributed by atoms with E-state index in [1.165, 1.54) is 6.07 Å². The summed E-state index contributed by atoms with van der Waals surface area (Å²) in [7, 11) is 0. The van der Waals surface area contributed by atoms with Crippen LogP contribution in [0.2, 0.25) is 0 Å². The van der Waals surface area contributed by atoms with E-state index < -0.39 is 28.9 Å². The third-order valence-electron chi connectivity index (χ3n) is 2.95. The van der Waals surface area contributed by atoms with Crippen molar-refractivity contribution in [1.82, 2.24) is 0 Å². The summed E-state index contributed by atoms with van der Waals surface area (Å²) in [4.78, 5) is 24.0. The van der Waals surface area contributed by atoms with Crippen LogP contribution in [0.1, 0.15) is 25.3 Å². The molecule has 0 radical (unpaired) electrons. The summed E-state index contributed by atoms with van der Waals surface area (Å²) in [5, 5.41) is 1.72. The molecule has 120 valence electrons. The van der Waals surface area contributed by atoms with Crippen molar-refractivity contribution >= 4 is 29.3 Å². The number of thioether (sulfide) groups is 1. The largest absolute Gasteiger partial charge is 0.466 e. The van der Waals surface area contributed by atoms with Gasteiger partial charge < -0.3 is 10.1 Å². The van der Waals surface area contributed by atoms with Crippen LogP contribution in [0.3, 0.4) is 0 Å². The van der Waals surface area contributed by atoms with E-state index in [4.69, 9.17) is 4.74 Å². The zero-order valence-corrected chi connectivity index (χ0v) is 12.5. The summed E-state index contributed by atoms with van der Waals surface area (Å²) in [6.07, 6.45) is -3.90. The monoisotopic (exact) mass is 333 g/mol. The van der Waals surface area contributed by atoms with Gasteiger partial charge in [-0.1, -0.05) is 6.92 Å². The third kappa shape index (κ3) is 3.94. The van der Waals surface area contributed by atoms with Crippen LogP contribution < -0.4 is 5.32 Å². The first kappa shape index (κ1) is 16.7. The van der Waals surface area contributed by atoms with E-state index in [1.807, 2.05) is 6.92 Å². The first-order valence-electron chi connectivity index (χ1n) is 6.65. The minimum absolute atomic E-state index is 0.114. The summed E-state index contributed by atoms with van der Waals surface area (Å²) >= 11 is 1.07.